The van der Waals surface area contributed by atoms with Gasteiger partial charge in [0.2, 0.25) is 5.91 Å². The molecule has 0 aliphatic rings. The smallest absolute Gasteiger partial charge is 0.312 e. The van der Waals surface area contributed by atoms with Gasteiger partial charge in [-0.2, -0.15) is 0 Å². The summed E-state index contributed by atoms with van der Waals surface area (Å²) < 4.78 is 0. The van der Waals surface area contributed by atoms with Gasteiger partial charge in [0.15, 0.2) is 0 Å². The molecule has 1 unspecified atom stereocenters. The predicted molar refractivity (Wildman–Crippen MR) is 84.4 cm³/mol. The van der Waals surface area contributed by atoms with Crippen LogP contribution in [0, 0.1) is 0 Å². The molecular formula is C15H15ClN4O2. The molecule has 4 N–H and O–H groups in total. The fourth-order valence-electron chi connectivity index (χ4n) is 2.00. The molecule has 0 saturated heterocycles. The van der Waals surface area contributed by atoms with E-state index in [0.717, 1.165) is 0 Å². The van der Waals surface area contributed by atoms with Crippen LogP contribution in [0.5, 0.6) is 0 Å². The highest BCUT2D eigenvalue weighted by Gasteiger charge is 2.19. The number of hydrogen-bond donors (Lipinski definition) is 3. The molecule has 114 valence electrons. The number of primary amides is 1. The van der Waals surface area contributed by atoms with Crippen molar-refractivity contribution in [1.82, 2.24) is 10.3 Å². The van der Waals surface area contributed by atoms with Crippen molar-refractivity contribution in [2.24, 2.45) is 5.73 Å². The summed E-state index contributed by atoms with van der Waals surface area (Å²) in [6.07, 6.45) is 3.14. The Kier molecular flexibility index (Phi) is 5.32. The van der Waals surface area contributed by atoms with E-state index in [9.17, 15) is 9.59 Å². The Morgan fingerprint density at radius 1 is 1.23 bits per heavy atom. The molecule has 0 aliphatic carbocycles. The largest absolute Gasteiger partial charge is 0.352 e. The van der Waals surface area contributed by atoms with Crippen LogP contribution in [-0.2, 0) is 4.79 Å². The molecule has 1 atom stereocenters. The molecule has 0 fully saturated rings. The van der Waals surface area contributed by atoms with Gasteiger partial charge in [-0.05, 0) is 23.8 Å². The van der Waals surface area contributed by atoms with E-state index >= 15 is 0 Å². The maximum Gasteiger partial charge on any atom is 0.312 e. The zero-order chi connectivity index (χ0) is 15.9. The Hall–Kier alpha value is -2.60. The van der Waals surface area contributed by atoms with Gasteiger partial charge in [-0.25, -0.2) is 4.79 Å². The molecule has 6 nitrogen and oxygen atoms in total. The topological polar surface area (TPSA) is 97.1 Å². The Balaban J connectivity index is 2.11. The summed E-state index contributed by atoms with van der Waals surface area (Å²) in [7, 11) is 0. The van der Waals surface area contributed by atoms with Gasteiger partial charge < -0.3 is 16.4 Å². The van der Waals surface area contributed by atoms with Gasteiger partial charge in [-0.15, -0.1) is 0 Å². The average Bonchev–Trinajstić information content (AvgIpc) is 2.47. The maximum absolute atomic E-state index is 12.1. The van der Waals surface area contributed by atoms with Gasteiger partial charge >= 0.3 is 6.03 Å². The van der Waals surface area contributed by atoms with Crippen LogP contribution in [0.1, 0.15) is 18.0 Å². The second kappa shape index (κ2) is 7.42. The number of halogens is 1. The third-order valence-electron chi connectivity index (χ3n) is 2.93. The van der Waals surface area contributed by atoms with Gasteiger partial charge in [-0.3, -0.25) is 9.78 Å². The number of amides is 3. The SMILES string of the molecule is NC(=O)NC(CC(=O)Nc1cccnc1)c1ccccc1Cl. The molecule has 7 heteroatoms. The van der Waals surface area contributed by atoms with Crippen molar-refractivity contribution in [3.8, 4) is 0 Å². The number of benzene rings is 1. The Morgan fingerprint density at radius 2 is 2.00 bits per heavy atom. The quantitative estimate of drug-likeness (QED) is 0.790. The van der Waals surface area contributed by atoms with Crippen LogP contribution in [0.3, 0.4) is 0 Å². The molecule has 2 aromatic rings. The summed E-state index contributed by atoms with van der Waals surface area (Å²) in [4.78, 5) is 27.2. The van der Waals surface area contributed by atoms with Gasteiger partial charge in [0.25, 0.3) is 0 Å². The minimum absolute atomic E-state index is 0.00156. The molecule has 0 radical (unpaired) electrons. The van der Waals surface area contributed by atoms with Crippen molar-refractivity contribution in [2.75, 3.05) is 5.32 Å². The lowest BCUT2D eigenvalue weighted by atomic mass is 10.0. The van der Waals surface area contributed by atoms with Crippen molar-refractivity contribution in [3.05, 3.63) is 59.4 Å². The third kappa shape index (κ3) is 4.46. The van der Waals surface area contributed by atoms with Crippen molar-refractivity contribution in [3.63, 3.8) is 0 Å². The fraction of sp³-hybridized carbons (Fsp3) is 0.133. The summed E-state index contributed by atoms with van der Waals surface area (Å²) in [6, 6.07) is 9.06. The number of nitrogens with two attached hydrogens (primary N) is 1. The van der Waals surface area contributed by atoms with Crippen molar-refractivity contribution < 1.29 is 9.59 Å². The van der Waals surface area contributed by atoms with Crippen LogP contribution >= 0.6 is 11.6 Å². The number of pyridine rings is 1. The zero-order valence-electron chi connectivity index (χ0n) is 11.6. The van der Waals surface area contributed by atoms with Gasteiger partial charge in [0.05, 0.1) is 24.3 Å². The number of urea groups is 1. The first kappa shape index (κ1) is 15.8. The second-order valence-electron chi connectivity index (χ2n) is 4.58. The van der Waals surface area contributed by atoms with E-state index < -0.39 is 12.1 Å². The van der Waals surface area contributed by atoms with Crippen LogP contribution in [0.4, 0.5) is 10.5 Å². The standard InChI is InChI=1S/C15H15ClN4O2/c16-12-6-2-1-5-11(12)13(20-15(17)22)8-14(21)19-10-4-3-7-18-9-10/h1-7,9,13H,8H2,(H,19,21)(H3,17,20,22). The Labute approximate surface area is 132 Å². The number of nitrogens with one attached hydrogen (secondary N) is 2. The van der Waals surface area contributed by atoms with Crippen LogP contribution in [0.15, 0.2) is 48.8 Å². The molecular weight excluding hydrogens is 304 g/mol. The number of anilines is 1. The lowest BCUT2D eigenvalue weighted by Crippen LogP contribution is -2.35. The zero-order valence-corrected chi connectivity index (χ0v) is 12.4. The number of aromatic nitrogens is 1. The monoisotopic (exact) mass is 318 g/mol. The molecule has 22 heavy (non-hydrogen) atoms. The predicted octanol–water partition coefficient (Wildman–Crippen LogP) is 2.47. The van der Waals surface area contributed by atoms with E-state index in [1.54, 1.807) is 42.6 Å². The molecule has 0 saturated carbocycles. The van der Waals surface area contributed by atoms with Crippen LogP contribution in [0.2, 0.25) is 5.02 Å². The summed E-state index contributed by atoms with van der Waals surface area (Å²) in [5, 5.41) is 5.68. The molecule has 0 aliphatic heterocycles. The highest BCUT2D eigenvalue weighted by molar-refractivity contribution is 6.31. The normalized spacial score (nSPS) is 11.5. The minimum Gasteiger partial charge on any atom is -0.352 e. The molecule has 2 rings (SSSR count). The maximum atomic E-state index is 12.1. The molecule has 1 heterocycles. The first-order chi connectivity index (χ1) is 10.6. The fourth-order valence-corrected chi connectivity index (χ4v) is 2.27. The van der Waals surface area contributed by atoms with Crippen LogP contribution < -0.4 is 16.4 Å². The number of carbonyl (C=O) groups excluding carboxylic acids is 2. The highest BCUT2D eigenvalue weighted by Crippen LogP contribution is 2.25. The van der Waals surface area contributed by atoms with E-state index in [1.807, 2.05) is 0 Å². The highest BCUT2D eigenvalue weighted by atomic mass is 35.5. The lowest BCUT2D eigenvalue weighted by molar-refractivity contribution is -0.116. The number of rotatable bonds is 5. The lowest BCUT2D eigenvalue weighted by Gasteiger charge is -2.18. The van der Waals surface area contributed by atoms with Crippen LogP contribution in [0.25, 0.3) is 0 Å². The number of nitrogens with zero attached hydrogens (tertiary/aromatic N) is 1. The van der Waals surface area contributed by atoms with Crippen LogP contribution in [-0.4, -0.2) is 16.9 Å². The van der Waals surface area contributed by atoms with Crippen molar-refractivity contribution >= 4 is 29.2 Å². The first-order valence-electron chi connectivity index (χ1n) is 6.56. The molecule has 3 amide bonds. The Morgan fingerprint density at radius 3 is 2.64 bits per heavy atom. The van der Waals surface area contributed by atoms with Gasteiger partial charge in [0.1, 0.15) is 0 Å². The summed E-state index contributed by atoms with van der Waals surface area (Å²) in [5.74, 6) is -0.285. The number of carbonyl (C=O) groups is 2. The van der Waals surface area contributed by atoms with Crippen molar-refractivity contribution in [1.29, 1.82) is 0 Å². The molecule has 1 aromatic carbocycles. The molecule has 1 aromatic heterocycles. The van der Waals surface area contributed by atoms with Gasteiger partial charge in [-0.1, -0.05) is 29.8 Å². The van der Waals surface area contributed by atoms with E-state index in [1.165, 1.54) is 6.20 Å². The van der Waals surface area contributed by atoms with E-state index in [-0.39, 0.29) is 12.3 Å². The van der Waals surface area contributed by atoms with E-state index in [2.05, 4.69) is 15.6 Å². The van der Waals surface area contributed by atoms with E-state index in [4.69, 9.17) is 17.3 Å². The van der Waals surface area contributed by atoms with Gasteiger partial charge in [0, 0.05) is 11.2 Å². The average molecular weight is 319 g/mol. The Bertz CT molecular complexity index is 664. The summed E-state index contributed by atoms with van der Waals surface area (Å²) in [5.41, 5.74) is 6.38. The van der Waals surface area contributed by atoms with Crippen molar-refractivity contribution in [2.45, 2.75) is 12.5 Å². The number of hydrogen-bond acceptors (Lipinski definition) is 3. The molecule has 0 bridgehead atoms. The van der Waals surface area contributed by atoms with E-state index in [0.29, 0.717) is 16.3 Å². The molecule has 0 spiro atoms. The minimum atomic E-state index is -0.723. The third-order valence-corrected chi connectivity index (χ3v) is 3.28. The first-order valence-corrected chi connectivity index (χ1v) is 6.94. The second-order valence-corrected chi connectivity index (χ2v) is 4.98. The summed E-state index contributed by atoms with van der Waals surface area (Å²) in [6.45, 7) is 0. The summed E-state index contributed by atoms with van der Waals surface area (Å²) >= 11 is 6.11.